The highest BCUT2D eigenvalue weighted by atomic mass is 16.5. The zero-order valence-electron chi connectivity index (χ0n) is 5.33. The third kappa shape index (κ3) is 3.99. The van der Waals surface area contributed by atoms with E-state index in [4.69, 9.17) is 10.3 Å². The highest BCUT2D eigenvalue weighted by Crippen LogP contribution is 1.88. The Labute approximate surface area is 57.6 Å². The van der Waals surface area contributed by atoms with E-state index in [-0.39, 0.29) is 12.8 Å². The van der Waals surface area contributed by atoms with Crippen molar-refractivity contribution in [1.29, 1.82) is 0 Å². The number of rotatable bonds is 4. The fourth-order valence-electron chi connectivity index (χ4n) is 0.388. The van der Waals surface area contributed by atoms with E-state index in [1.165, 1.54) is 5.48 Å². The minimum atomic E-state index is -0.623. The van der Waals surface area contributed by atoms with Gasteiger partial charge in [0.15, 0.2) is 5.78 Å². The molecule has 0 aliphatic carbocycles. The van der Waals surface area contributed by atoms with E-state index in [1.807, 2.05) is 0 Å². The zero-order chi connectivity index (χ0) is 7.98. The van der Waals surface area contributed by atoms with Crippen LogP contribution in [0, 0.1) is 0 Å². The van der Waals surface area contributed by atoms with Crippen LogP contribution in [0.15, 0.2) is 0 Å². The molecule has 0 atom stereocenters. The molecule has 0 radical (unpaired) electrons. The van der Waals surface area contributed by atoms with Crippen molar-refractivity contribution in [3.05, 3.63) is 0 Å². The van der Waals surface area contributed by atoms with Gasteiger partial charge < -0.3 is 5.11 Å². The maximum absolute atomic E-state index is 10.3. The van der Waals surface area contributed by atoms with E-state index < -0.39 is 18.3 Å². The normalized spacial score (nSPS) is 9.00. The predicted molar refractivity (Wildman–Crippen MR) is 31.3 cm³/mol. The van der Waals surface area contributed by atoms with Crippen LogP contribution < -0.4 is 5.48 Å². The molecule has 0 aromatic carbocycles. The van der Waals surface area contributed by atoms with E-state index in [0.29, 0.717) is 0 Å². The number of ketones is 1. The number of aliphatic hydroxyl groups excluding tert-OH is 1. The lowest BCUT2D eigenvalue weighted by Crippen LogP contribution is -2.19. The van der Waals surface area contributed by atoms with E-state index in [1.54, 1.807) is 0 Å². The lowest BCUT2D eigenvalue weighted by atomic mass is 10.2. The van der Waals surface area contributed by atoms with E-state index >= 15 is 0 Å². The number of carbonyl (C=O) groups is 2. The maximum atomic E-state index is 10.3. The van der Waals surface area contributed by atoms with Gasteiger partial charge in [-0.2, -0.15) is 0 Å². The van der Waals surface area contributed by atoms with Gasteiger partial charge in [-0.05, 0) is 0 Å². The Morgan fingerprint density at radius 1 is 1.30 bits per heavy atom. The quantitative estimate of drug-likeness (QED) is 0.345. The van der Waals surface area contributed by atoms with Crippen molar-refractivity contribution < 1.29 is 19.9 Å². The van der Waals surface area contributed by atoms with Gasteiger partial charge in [-0.15, -0.1) is 0 Å². The lowest BCUT2D eigenvalue weighted by Gasteiger charge is -1.94. The number of hydroxylamine groups is 1. The van der Waals surface area contributed by atoms with Crippen LogP contribution >= 0.6 is 0 Å². The Morgan fingerprint density at radius 2 is 1.90 bits per heavy atom. The summed E-state index contributed by atoms with van der Waals surface area (Å²) in [6, 6.07) is 0. The highest BCUT2D eigenvalue weighted by Gasteiger charge is 2.03. The number of aliphatic hydroxyl groups is 1. The predicted octanol–water partition coefficient (Wildman–Crippen LogP) is -1.17. The third-order valence-electron chi connectivity index (χ3n) is 0.932. The standard InChI is InChI=1S/C5H9NO4/c7-3-4(8)1-2-5(9)6-10/h7,10H,1-3H2,(H,6,9). The van der Waals surface area contributed by atoms with E-state index in [2.05, 4.69) is 0 Å². The molecule has 3 N–H and O–H groups in total. The van der Waals surface area contributed by atoms with Crippen LogP contribution in [0.25, 0.3) is 0 Å². The summed E-state index contributed by atoms with van der Waals surface area (Å²) < 4.78 is 0. The molecule has 0 saturated carbocycles. The van der Waals surface area contributed by atoms with E-state index in [0.717, 1.165) is 0 Å². The molecular formula is C5H9NO4. The summed E-state index contributed by atoms with van der Waals surface area (Å²) in [7, 11) is 0. The van der Waals surface area contributed by atoms with Crippen molar-refractivity contribution in [1.82, 2.24) is 5.48 Å². The van der Waals surface area contributed by atoms with Crippen LogP contribution in [0.1, 0.15) is 12.8 Å². The molecule has 0 aromatic heterocycles. The van der Waals surface area contributed by atoms with Crippen molar-refractivity contribution >= 4 is 11.7 Å². The van der Waals surface area contributed by atoms with Gasteiger partial charge in [0.05, 0.1) is 0 Å². The van der Waals surface area contributed by atoms with Crippen LogP contribution in [0.4, 0.5) is 0 Å². The Hall–Kier alpha value is -0.940. The summed E-state index contributed by atoms with van der Waals surface area (Å²) >= 11 is 0. The average molecular weight is 147 g/mol. The smallest absolute Gasteiger partial charge is 0.243 e. The van der Waals surface area contributed by atoms with Gasteiger partial charge in [-0.1, -0.05) is 0 Å². The molecule has 0 rings (SSSR count). The first-order chi connectivity index (χ1) is 4.70. The lowest BCUT2D eigenvalue weighted by molar-refractivity contribution is -0.131. The molecule has 0 heterocycles. The van der Waals surface area contributed by atoms with Gasteiger partial charge in [0.1, 0.15) is 6.61 Å². The number of nitrogens with one attached hydrogen (secondary N) is 1. The van der Waals surface area contributed by atoms with Gasteiger partial charge in [0.25, 0.3) is 0 Å². The summed E-state index contributed by atoms with van der Waals surface area (Å²) in [6.07, 6.45) is -0.126. The average Bonchev–Trinajstić information content (AvgIpc) is 1.99. The number of amides is 1. The summed E-state index contributed by atoms with van der Waals surface area (Å²) in [5.41, 5.74) is 1.37. The Morgan fingerprint density at radius 3 is 2.30 bits per heavy atom. The molecule has 5 nitrogen and oxygen atoms in total. The van der Waals surface area contributed by atoms with E-state index in [9.17, 15) is 9.59 Å². The van der Waals surface area contributed by atoms with Gasteiger partial charge in [-0.3, -0.25) is 14.8 Å². The zero-order valence-corrected chi connectivity index (χ0v) is 5.33. The monoisotopic (exact) mass is 147 g/mol. The number of hydrogen-bond acceptors (Lipinski definition) is 4. The van der Waals surface area contributed by atoms with Gasteiger partial charge in [0.2, 0.25) is 5.91 Å². The van der Waals surface area contributed by atoms with Crippen LogP contribution in [0.5, 0.6) is 0 Å². The molecule has 0 aromatic rings. The van der Waals surface area contributed by atoms with Crippen LogP contribution in [0.2, 0.25) is 0 Å². The van der Waals surface area contributed by atoms with Crippen molar-refractivity contribution in [2.24, 2.45) is 0 Å². The second-order valence-corrected chi connectivity index (χ2v) is 1.73. The summed E-state index contributed by atoms with van der Waals surface area (Å²) in [5.74, 6) is -1.04. The Bertz CT molecular complexity index is 118. The molecule has 0 saturated heterocycles. The van der Waals surface area contributed by atoms with Gasteiger partial charge in [-0.25, -0.2) is 5.48 Å². The first-order valence-electron chi connectivity index (χ1n) is 2.76. The van der Waals surface area contributed by atoms with Gasteiger partial charge >= 0.3 is 0 Å². The number of Topliss-reactive ketones (excluding diaryl/α,β-unsaturated/α-hetero) is 1. The number of carbonyl (C=O) groups excluding carboxylic acids is 2. The molecule has 1 amide bonds. The van der Waals surface area contributed by atoms with Crippen molar-refractivity contribution in [2.75, 3.05) is 6.61 Å². The second kappa shape index (κ2) is 4.89. The van der Waals surface area contributed by atoms with Crippen molar-refractivity contribution in [3.8, 4) is 0 Å². The Balaban J connectivity index is 3.35. The molecule has 0 fully saturated rings. The summed E-state index contributed by atoms with van der Waals surface area (Å²) in [6.45, 7) is -0.557. The summed E-state index contributed by atoms with van der Waals surface area (Å²) in [4.78, 5) is 20.6. The molecule has 0 aliphatic rings. The molecule has 0 unspecified atom stereocenters. The fourth-order valence-corrected chi connectivity index (χ4v) is 0.388. The number of hydrogen-bond donors (Lipinski definition) is 3. The minimum absolute atomic E-state index is 0.0388. The fraction of sp³-hybridized carbons (Fsp3) is 0.600. The topological polar surface area (TPSA) is 86.6 Å². The van der Waals surface area contributed by atoms with Crippen LogP contribution in [0.3, 0.4) is 0 Å². The minimum Gasteiger partial charge on any atom is -0.389 e. The molecular weight excluding hydrogens is 138 g/mol. The molecule has 58 valence electrons. The summed E-state index contributed by atoms with van der Waals surface area (Å²) in [5, 5.41) is 16.1. The molecule has 5 heteroatoms. The molecule has 0 bridgehead atoms. The molecule has 10 heavy (non-hydrogen) atoms. The van der Waals surface area contributed by atoms with Crippen molar-refractivity contribution in [2.45, 2.75) is 12.8 Å². The first kappa shape index (κ1) is 9.06. The molecule has 0 spiro atoms. The molecule has 0 aliphatic heterocycles. The van der Waals surface area contributed by atoms with Crippen LogP contribution in [-0.2, 0) is 9.59 Å². The second-order valence-electron chi connectivity index (χ2n) is 1.73. The Kier molecular flexibility index (Phi) is 4.43. The first-order valence-corrected chi connectivity index (χ1v) is 2.76. The maximum Gasteiger partial charge on any atom is 0.243 e. The third-order valence-corrected chi connectivity index (χ3v) is 0.932. The van der Waals surface area contributed by atoms with Gasteiger partial charge in [0, 0.05) is 12.8 Å². The van der Waals surface area contributed by atoms with Crippen LogP contribution in [-0.4, -0.2) is 28.6 Å². The SMILES string of the molecule is O=C(CO)CCC(=O)NO. The highest BCUT2D eigenvalue weighted by molar-refractivity contribution is 5.84. The largest absolute Gasteiger partial charge is 0.389 e. The van der Waals surface area contributed by atoms with Crippen molar-refractivity contribution in [3.63, 3.8) is 0 Å².